The van der Waals surface area contributed by atoms with Crippen molar-refractivity contribution < 1.29 is 0 Å². The topological polar surface area (TPSA) is 39.1 Å². The molecule has 2 fully saturated rings. The van der Waals surface area contributed by atoms with Crippen LogP contribution in [0.2, 0.25) is 0 Å². The highest BCUT2D eigenvalue weighted by Gasteiger charge is 2.33. The zero-order chi connectivity index (χ0) is 9.97. The average molecular weight is 193 g/mol. The summed E-state index contributed by atoms with van der Waals surface area (Å²) in [5.41, 5.74) is 0. The van der Waals surface area contributed by atoms with Crippen molar-refractivity contribution in [1.82, 2.24) is 10.2 Å². The van der Waals surface area contributed by atoms with Crippen LogP contribution in [0.15, 0.2) is 0 Å². The lowest BCUT2D eigenvalue weighted by Crippen LogP contribution is -2.45. The summed E-state index contributed by atoms with van der Waals surface area (Å²) in [7, 11) is 0. The van der Waals surface area contributed by atoms with Crippen LogP contribution in [0.4, 0.5) is 0 Å². The van der Waals surface area contributed by atoms with Crippen LogP contribution in [0, 0.1) is 23.2 Å². The molecule has 4 atom stereocenters. The Morgan fingerprint density at radius 1 is 1.50 bits per heavy atom. The first-order valence-corrected chi connectivity index (χ1v) is 5.65. The highest BCUT2D eigenvalue weighted by Crippen LogP contribution is 2.26. The molecule has 0 radical (unpaired) electrons. The van der Waals surface area contributed by atoms with Crippen molar-refractivity contribution in [1.29, 1.82) is 5.26 Å². The number of nitrogens with one attached hydrogen (secondary N) is 1. The van der Waals surface area contributed by atoms with Crippen LogP contribution in [-0.4, -0.2) is 37.1 Å². The summed E-state index contributed by atoms with van der Waals surface area (Å²) in [4.78, 5) is 2.55. The summed E-state index contributed by atoms with van der Waals surface area (Å²) >= 11 is 0. The molecule has 78 valence electrons. The summed E-state index contributed by atoms with van der Waals surface area (Å²) < 4.78 is 0. The molecule has 2 bridgehead atoms. The summed E-state index contributed by atoms with van der Waals surface area (Å²) in [5, 5.41) is 12.2. The van der Waals surface area contributed by atoms with E-state index < -0.39 is 0 Å². The SMILES string of the molecule is CC(C#N)CNC1CCN2CCC1C2. The highest BCUT2D eigenvalue weighted by atomic mass is 15.2. The molecule has 0 amide bonds. The number of hydrogen-bond acceptors (Lipinski definition) is 3. The fourth-order valence-corrected chi connectivity index (χ4v) is 2.59. The van der Waals surface area contributed by atoms with Gasteiger partial charge in [0.25, 0.3) is 0 Å². The molecule has 0 saturated carbocycles. The molecular weight excluding hydrogens is 174 g/mol. The molecule has 0 aliphatic carbocycles. The van der Waals surface area contributed by atoms with Gasteiger partial charge < -0.3 is 10.2 Å². The second-order valence-electron chi connectivity index (χ2n) is 4.68. The molecule has 4 unspecified atom stereocenters. The minimum atomic E-state index is 0.148. The Hall–Kier alpha value is -0.590. The fourth-order valence-electron chi connectivity index (χ4n) is 2.59. The molecule has 3 nitrogen and oxygen atoms in total. The minimum absolute atomic E-state index is 0.148. The summed E-state index contributed by atoms with van der Waals surface area (Å²) in [6.45, 7) is 6.65. The smallest absolute Gasteiger partial charge is 0.0666 e. The van der Waals surface area contributed by atoms with Crippen molar-refractivity contribution in [2.45, 2.75) is 25.8 Å². The number of hydrogen-bond donors (Lipinski definition) is 1. The van der Waals surface area contributed by atoms with Gasteiger partial charge in [0.1, 0.15) is 0 Å². The number of rotatable bonds is 3. The van der Waals surface area contributed by atoms with Crippen molar-refractivity contribution in [3.8, 4) is 6.07 Å². The van der Waals surface area contributed by atoms with Gasteiger partial charge in [-0.3, -0.25) is 0 Å². The largest absolute Gasteiger partial charge is 0.312 e. The molecule has 14 heavy (non-hydrogen) atoms. The van der Waals surface area contributed by atoms with Crippen molar-refractivity contribution in [3.63, 3.8) is 0 Å². The molecule has 2 aliphatic heterocycles. The Balaban J connectivity index is 1.78. The second kappa shape index (κ2) is 4.29. The fraction of sp³-hybridized carbons (Fsp3) is 0.909. The number of piperidine rings is 1. The van der Waals surface area contributed by atoms with Gasteiger partial charge in [0.2, 0.25) is 0 Å². The van der Waals surface area contributed by atoms with Crippen LogP contribution in [0.5, 0.6) is 0 Å². The summed E-state index contributed by atoms with van der Waals surface area (Å²) in [5.74, 6) is 0.990. The van der Waals surface area contributed by atoms with E-state index in [0.717, 1.165) is 12.5 Å². The van der Waals surface area contributed by atoms with Gasteiger partial charge in [-0.25, -0.2) is 0 Å². The van der Waals surface area contributed by atoms with Crippen LogP contribution < -0.4 is 5.32 Å². The van der Waals surface area contributed by atoms with Gasteiger partial charge in [0.05, 0.1) is 12.0 Å². The van der Waals surface area contributed by atoms with E-state index in [1.165, 1.54) is 32.5 Å². The Labute approximate surface area is 86.1 Å². The van der Waals surface area contributed by atoms with E-state index in [4.69, 9.17) is 5.26 Å². The van der Waals surface area contributed by atoms with Gasteiger partial charge in [-0.2, -0.15) is 5.26 Å². The molecule has 2 heterocycles. The van der Waals surface area contributed by atoms with E-state index in [0.29, 0.717) is 6.04 Å². The molecule has 2 saturated heterocycles. The predicted molar refractivity (Wildman–Crippen MR) is 55.7 cm³/mol. The molecule has 0 aromatic carbocycles. The Morgan fingerprint density at radius 2 is 2.29 bits per heavy atom. The van der Waals surface area contributed by atoms with E-state index in [1.54, 1.807) is 0 Å². The van der Waals surface area contributed by atoms with E-state index in [9.17, 15) is 0 Å². The maximum Gasteiger partial charge on any atom is 0.0666 e. The molecule has 0 aromatic rings. The highest BCUT2D eigenvalue weighted by molar-refractivity contribution is 4.92. The first-order chi connectivity index (χ1) is 6.79. The zero-order valence-electron chi connectivity index (χ0n) is 8.87. The van der Waals surface area contributed by atoms with Gasteiger partial charge in [-0.05, 0) is 38.8 Å². The summed E-state index contributed by atoms with van der Waals surface area (Å²) in [6, 6.07) is 2.95. The Kier molecular flexibility index (Phi) is 3.05. The first kappa shape index (κ1) is 9.95. The third kappa shape index (κ3) is 2.08. The lowest BCUT2D eigenvalue weighted by molar-refractivity contribution is 0.219. The van der Waals surface area contributed by atoms with Crippen LogP contribution in [0.3, 0.4) is 0 Å². The van der Waals surface area contributed by atoms with Crippen molar-refractivity contribution >= 4 is 0 Å². The standard InChI is InChI=1S/C11H19N3/c1-9(6-12)7-13-11-3-5-14-4-2-10(11)8-14/h9-11,13H,2-5,7-8H2,1H3. The van der Waals surface area contributed by atoms with Crippen LogP contribution >= 0.6 is 0 Å². The van der Waals surface area contributed by atoms with Gasteiger partial charge in [0.15, 0.2) is 0 Å². The molecule has 2 aliphatic rings. The van der Waals surface area contributed by atoms with Crippen LogP contribution in [0.1, 0.15) is 19.8 Å². The number of nitrogens with zero attached hydrogens (tertiary/aromatic N) is 2. The second-order valence-corrected chi connectivity index (χ2v) is 4.68. The average Bonchev–Trinajstić information content (AvgIpc) is 2.60. The normalized spacial score (nSPS) is 37.9. The van der Waals surface area contributed by atoms with Gasteiger partial charge in [0, 0.05) is 19.1 Å². The molecule has 3 heteroatoms. The zero-order valence-corrected chi connectivity index (χ0v) is 8.87. The third-order valence-corrected chi connectivity index (χ3v) is 3.54. The van der Waals surface area contributed by atoms with Gasteiger partial charge in [-0.15, -0.1) is 0 Å². The predicted octanol–water partition coefficient (Wildman–Crippen LogP) is 0.830. The van der Waals surface area contributed by atoms with E-state index in [2.05, 4.69) is 16.3 Å². The number of nitriles is 1. The quantitative estimate of drug-likeness (QED) is 0.721. The van der Waals surface area contributed by atoms with Crippen molar-refractivity contribution in [2.24, 2.45) is 11.8 Å². The van der Waals surface area contributed by atoms with Crippen molar-refractivity contribution in [2.75, 3.05) is 26.2 Å². The molecular formula is C11H19N3. The van der Waals surface area contributed by atoms with Crippen molar-refractivity contribution in [3.05, 3.63) is 0 Å². The monoisotopic (exact) mass is 193 g/mol. The summed E-state index contributed by atoms with van der Waals surface area (Å²) in [6.07, 6.45) is 2.61. The van der Waals surface area contributed by atoms with Crippen LogP contribution in [0.25, 0.3) is 0 Å². The van der Waals surface area contributed by atoms with Crippen LogP contribution in [-0.2, 0) is 0 Å². The Morgan fingerprint density at radius 3 is 3.07 bits per heavy atom. The van der Waals surface area contributed by atoms with E-state index in [1.807, 2.05) is 6.92 Å². The van der Waals surface area contributed by atoms with E-state index in [-0.39, 0.29) is 5.92 Å². The number of fused-ring (bicyclic) bond motifs is 2. The maximum absolute atomic E-state index is 8.70. The van der Waals surface area contributed by atoms with Gasteiger partial charge in [-0.1, -0.05) is 0 Å². The first-order valence-electron chi connectivity index (χ1n) is 5.65. The molecule has 0 aromatic heterocycles. The van der Waals surface area contributed by atoms with Gasteiger partial charge >= 0.3 is 0 Å². The van der Waals surface area contributed by atoms with E-state index >= 15 is 0 Å². The minimum Gasteiger partial charge on any atom is -0.312 e. The molecule has 1 N–H and O–H groups in total. The third-order valence-electron chi connectivity index (χ3n) is 3.54. The lowest BCUT2D eigenvalue weighted by atomic mass is 9.94. The molecule has 2 rings (SSSR count). The Bertz CT molecular complexity index is 233. The molecule has 0 spiro atoms. The maximum atomic E-state index is 8.70. The lowest BCUT2D eigenvalue weighted by Gasteiger charge is -2.31.